The number of hydrogen-bond donors (Lipinski definition) is 1. The molecule has 0 spiro atoms. The minimum absolute atomic E-state index is 0.0503. The fraction of sp³-hybridized carbons (Fsp3) is 0.533. The number of amides is 1. The predicted octanol–water partition coefficient (Wildman–Crippen LogP) is 1.86. The summed E-state index contributed by atoms with van der Waals surface area (Å²) in [6.07, 6.45) is 0.579. The molecule has 106 valence electrons. The predicted molar refractivity (Wildman–Crippen MR) is 75.2 cm³/mol. The summed E-state index contributed by atoms with van der Waals surface area (Å²) in [5, 5.41) is 9.21. The van der Waals surface area contributed by atoms with Crippen LogP contribution in [0.1, 0.15) is 25.8 Å². The molecule has 0 heterocycles. The van der Waals surface area contributed by atoms with Crippen molar-refractivity contribution in [2.24, 2.45) is 0 Å². The van der Waals surface area contributed by atoms with Crippen molar-refractivity contribution in [2.75, 3.05) is 20.2 Å². The Hall–Kier alpha value is -1.55. The smallest absolute Gasteiger partial charge is 0.226 e. The molecule has 0 bridgehead atoms. The second-order valence-electron chi connectivity index (χ2n) is 4.71. The second-order valence-corrected chi connectivity index (χ2v) is 4.71. The van der Waals surface area contributed by atoms with E-state index in [4.69, 9.17) is 4.74 Å². The van der Waals surface area contributed by atoms with Crippen LogP contribution in [0, 0.1) is 0 Å². The summed E-state index contributed by atoms with van der Waals surface area (Å²) >= 11 is 0. The number of carbonyl (C=O) groups is 1. The van der Waals surface area contributed by atoms with Crippen LogP contribution in [0.4, 0.5) is 0 Å². The summed E-state index contributed by atoms with van der Waals surface area (Å²) in [5.41, 5.74) is 0.944. The van der Waals surface area contributed by atoms with Crippen LogP contribution in [-0.2, 0) is 11.2 Å². The summed E-state index contributed by atoms with van der Waals surface area (Å²) < 4.78 is 5.41. The maximum Gasteiger partial charge on any atom is 0.226 e. The first-order chi connectivity index (χ1) is 9.02. The van der Waals surface area contributed by atoms with Crippen LogP contribution in [0.15, 0.2) is 24.3 Å². The SMILES string of the molecule is CCOc1cccc(CC(=O)N(C)CCC(C)O)c1. The quantitative estimate of drug-likeness (QED) is 0.818. The molecule has 4 nitrogen and oxygen atoms in total. The zero-order valence-corrected chi connectivity index (χ0v) is 11.9. The van der Waals surface area contributed by atoms with E-state index in [0.717, 1.165) is 11.3 Å². The van der Waals surface area contributed by atoms with E-state index in [1.54, 1.807) is 18.9 Å². The number of likely N-dealkylation sites (N-methyl/N-ethyl adjacent to an activating group) is 1. The third-order valence-corrected chi connectivity index (χ3v) is 2.87. The Bertz CT molecular complexity index is 404. The van der Waals surface area contributed by atoms with Gasteiger partial charge in [-0.2, -0.15) is 0 Å². The lowest BCUT2D eigenvalue weighted by Gasteiger charge is -2.18. The molecule has 0 aliphatic carbocycles. The third-order valence-electron chi connectivity index (χ3n) is 2.87. The fourth-order valence-electron chi connectivity index (χ4n) is 1.73. The molecule has 4 heteroatoms. The van der Waals surface area contributed by atoms with Crippen LogP contribution in [-0.4, -0.2) is 42.2 Å². The molecule has 1 atom stereocenters. The molecule has 0 radical (unpaired) electrons. The van der Waals surface area contributed by atoms with Crippen molar-refractivity contribution in [1.82, 2.24) is 4.90 Å². The molecular formula is C15H23NO3. The number of rotatable bonds is 7. The van der Waals surface area contributed by atoms with E-state index in [1.807, 2.05) is 31.2 Å². The van der Waals surface area contributed by atoms with Gasteiger partial charge in [0.05, 0.1) is 19.1 Å². The molecule has 1 unspecified atom stereocenters. The molecule has 1 amide bonds. The topological polar surface area (TPSA) is 49.8 Å². The lowest BCUT2D eigenvalue weighted by molar-refractivity contribution is -0.129. The van der Waals surface area contributed by atoms with Crippen molar-refractivity contribution in [1.29, 1.82) is 0 Å². The van der Waals surface area contributed by atoms with Crippen LogP contribution in [0.5, 0.6) is 5.75 Å². The first-order valence-electron chi connectivity index (χ1n) is 6.66. The lowest BCUT2D eigenvalue weighted by atomic mass is 10.1. The maximum absolute atomic E-state index is 12.0. The van der Waals surface area contributed by atoms with Crippen LogP contribution in [0.25, 0.3) is 0 Å². The number of hydrogen-bond acceptors (Lipinski definition) is 3. The number of nitrogens with zero attached hydrogens (tertiary/aromatic N) is 1. The first-order valence-corrected chi connectivity index (χ1v) is 6.66. The van der Waals surface area contributed by atoms with E-state index in [1.165, 1.54) is 0 Å². The summed E-state index contributed by atoms with van der Waals surface area (Å²) in [6, 6.07) is 7.59. The van der Waals surface area contributed by atoms with Crippen LogP contribution >= 0.6 is 0 Å². The Morgan fingerprint density at radius 3 is 2.84 bits per heavy atom. The molecule has 0 fully saturated rings. The highest BCUT2D eigenvalue weighted by Gasteiger charge is 2.10. The zero-order valence-electron chi connectivity index (χ0n) is 11.9. The van der Waals surface area contributed by atoms with E-state index < -0.39 is 0 Å². The molecular weight excluding hydrogens is 242 g/mol. The Balaban J connectivity index is 2.53. The maximum atomic E-state index is 12.0. The molecule has 0 saturated carbocycles. The van der Waals surface area contributed by atoms with Gasteiger partial charge < -0.3 is 14.7 Å². The molecule has 0 saturated heterocycles. The molecule has 1 aromatic rings. The van der Waals surface area contributed by atoms with Crippen molar-refractivity contribution in [2.45, 2.75) is 32.8 Å². The average molecular weight is 265 g/mol. The Morgan fingerprint density at radius 1 is 1.47 bits per heavy atom. The van der Waals surface area contributed by atoms with Gasteiger partial charge in [-0.3, -0.25) is 4.79 Å². The normalized spacial score (nSPS) is 12.0. The standard InChI is InChI=1S/C15H23NO3/c1-4-19-14-7-5-6-13(10-14)11-15(18)16(3)9-8-12(2)17/h5-7,10,12,17H,4,8-9,11H2,1-3H3. The van der Waals surface area contributed by atoms with Gasteiger partial charge in [0.15, 0.2) is 0 Å². The molecule has 1 rings (SSSR count). The average Bonchev–Trinajstić information content (AvgIpc) is 2.36. The Morgan fingerprint density at radius 2 is 2.21 bits per heavy atom. The minimum atomic E-state index is -0.378. The van der Waals surface area contributed by atoms with Crippen molar-refractivity contribution in [3.05, 3.63) is 29.8 Å². The Kier molecular flexibility index (Phi) is 6.36. The number of benzene rings is 1. The summed E-state index contributed by atoms with van der Waals surface area (Å²) in [7, 11) is 1.76. The molecule has 1 aromatic carbocycles. The van der Waals surface area contributed by atoms with Gasteiger partial charge in [-0.1, -0.05) is 12.1 Å². The van der Waals surface area contributed by atoms with E-state index in [0.29, 0.717) is 26.0 Å². The van der Waals surface area contributed by atoms with Gasteiger partial charge in [-0.25, -0.2) is 0 Å². The van der Waals surface area contributed by atoms with Gasteiger partial charge in [0.25, 0.3) is 0 Å². The van der Waals surface area contributed by atoms with Gasteiger partial charge in [0, 0.05) is 13.6 Å². The molecule has 0 aliphatic heterocycles. The van der Waals surface area contributed by atoms with E-state index >= 15 is 0 Å². The van der Waals surface area contributed by atoms with E-state index in [-0.39, 0.29) is 12.0 Å². The number of carbonyl (C=O) groups excluding carboxylic acids is 1. The molecule has 19 heavy (non-hydrogen) atoms. The third kappa shape index (κ3) is 5.75. The number of ether oxygens (including phenoxy) is 1. The van der Waals surface area contributed by atoms with Crippen molar-refractivity contribution in [3.8, 4) is 5.75 Å². The van der Waals surface area contributed by atoms with Crippen molar-refractivity contribution in [3.63, 3.8) is 0 Å². The van der Waals surface area contributed by atoms with Crippen LogP contribution < -0.4 is 4.74 Å². The monoisotopic (exact) mass is 265 g/mol. The highest BCUT2D eigenvalue weighted by molar-refractivity contribution is 5.78. The highest BCUT2D eigenvalue weighted by atomic mass is 16.5. The first kappa shape index (κ1) is 15.5. The molecule has 0 aromatic heterocycles. The van der Waals surface area contributed by atoms with Gasteiger partial charge in [0.2, 0.25) is 5.91 Å². The summed E-state index contributed by atoms with van der Waals surface area (Å²) in [6.45, 7) is 4.85. The van der Waals surface area contributed by atoms with Gasteiger partial charge in [-0.05, 0) is 38.0 Å². The fourth-order valence-corrected chi connectivity index (χ4v) is 1.73. The van der Waals surface area contributed by atoms with Gasteiger partial charge in [0.1, 0.15) is 5.75 Å². The van der Waals surface area contributed by atoms with E-state index in [9.17, 15) is 9.90 Å². The lowest BCUT2D eigenvalue weighted by Crippen LogP contribution is -2.30. The molecule has 1 N–H and O–H groups in total. The minimum Gasteiger partial charge on any atom is -0.494 e. The van der Waals surface area contributed by atoms with Crippen molar-refractivity contribution < 1.29 is 14.6 Å². The van der Waals surface area contributed by atoms with Crippen molar-refractivity contribution >= 4 is 5.91 Å². The highest BCUT2D eigenvalue weighted by Crippen LogP contribution is 2.14. The van der Waals surface area contributed by atoms with E-state index in [2.05, 4.69) is 0 Å². The Labute approximate surface area is 115 Å². The number of aliphatic hydroxyl groups excluding tert-OH is 1. The zero-order chi connectivity index (χ0) is 14.3. The largest absolute Gasteiger partial charge is 0.494 e. The molecule has 0 aliphatic rings. The summed E-state index contributed by atoms with van der Waals surface area (Å²) in [4.78, 5) is 13.7. The second kappa shape index (κ2) is 7.79. The summed E-state index contributed by atoms with van der Waals surface area (Å²) in [5.74, 6) is 0.841. The number of aliphatic hydroxyl groups is 1. The van der Waals surface area contributed by atoms with Crippen LogP contribution in [0.3, 0.4) is 0 Å². The van der Waals surface area contributed by atoms with Gasteiger partial charge >= 0.3 is 0 Å². The van der Waals surface area contributed by atoms with Crippen LogP contribution in [0.2, 0.25) is 0 Å². The van der Waals surface area contributed by atoms with Gasteiger partial charge in [-0.15, -0.1) is 0 Å².